The molecule has 0 aliphatic heterocycles. The number of hydrogen-bond acceptors (Lipinski definition) is 5. The maximum atomic E-state index is 11.8. The van der Waals surface area contributed by atoms with E-state index in [1.807, 2.05) is 13.8 Å². The van der Waals surface area contributed by atoms with Gasteiger partial charge in [-0.3, -0.25) is 4.79 Å². The fourth-order valence-electron chi connectivity index (χ4n) is 1.71. The summed E-state index contributed by atoms with van der Waals surface area (Å²) in [5.41, 5.74) is 0.695. The molecule has 1 N–H and O–H groups in total. The average Bonchev–Trinajstić information content (AvgIpc) is 2.87. The molecule has 0 saturated carbocycles. The predicted molar refractivity (Wildman–Crippen MR) is 84.4 cm³/mol. The first-order valence-electron chi connectivity index (χ1n) is 6.46. The molecule has 1 heterocycles. The number of hydrogen-bond donors (Lipinski definition) is 1. The van der Waals surface area contributed by atoms with Gasteiger partial charge in [0.15, 0.2) is 5.82 Å². The summed E-state index contributed by atoms with van der Waals surface area (Å²) in [6.07, 6.45) is 0. The first-order chi connectivity index (χ1) is 10.1. The molecule has 0 fully saturated rings. The normalized spacial score (nSPS) is 10.9. The number of thioether (sulfide) groups is 1. The Hall–Kier alpha value is -1.60. The smallest absolute Gasteiger partial charge is 0.234 e. The zero-order valence-corrected chi connectivity index (χ0v) is 13.4. The molecule has 0 aliphatic carbocycles. The van der Waals surface area contributed by atoms with Crippen molar-refractivity contribution in [3.05, 3.63) is 35.1 Å². The molecule has 1 aromatic carbocycles. The standard InChI is InChI=1S/C13H16ClN5OS/c1-9(2)19-12(16-17-18-19)7-21-8-13(20)15-11-5-3-4-10(14)6-11/h3-6,9H,7-8H2,1-2H3,(H,15,20). The minimum atomic E-state index is -0.0779. The van der Waals surface area contributed by atoms with E-state index in [0.717, 1.165) is 5.82 Å². The number of rotatable bonds is 6. The number of carbonyl (C=O) groups excluding carboxylic acids is 1. The van der Waals surface area contributed by atoms with Crippen LogP contribution in [0.3, 0.4) is 0 Å². The second-order valence-corrected chi connectivity index (χ2v) is 6.11. The maximum Gasteiger partial charge on any atom is 0.234 e. The van der Waals surface area contributed by atoms with Crippen molar-refractivity contribution in [2.45, 2.75) is 25.6 Å². The Labute approximate surface area is 132 Å². The molecule has 0 bridgehead atoms. The van der Waals surface area contributed by atoms with Crippen molar-refractivity contribution in [2.75, 3.05) is 11.1 Å². The van der Waals surface area contributed by atoms with E-state index < -0.39 is 0 Å². The van der Waals surface area contributed by atoms with Crippen molar-refractivity contribution < 1.29 is 4.79 Å². The van der Waals surface area contributed by atoms with Crippen molar-refractivity contribution in [1.29, 1.82) is 0 Å². The molecule has 8 heteroatoms. The van der Waals surface area contributed by atoms with E-state index in [2.05, 4.69) is 20.8 Å². The van der Waals surface area contributed by atoms with Gasteiger partial charge in [-0.05, 0) is 42.5 Å². The Morgan fingerprint density at radius 3 is 3.00 bits per heavy atom. The van der Waals surface area contributed by atoms with Crippen molar-refractivity contribution in [1.82, 2.24) is 20.2 Å². The summed E-state index contributed by atoms with van der Waals surface area (Å²) < 4.78 is 1.75. The van der Waals surface area contributed by atoms with Gasteiger partial charge in [-0.25, -0.2) is 4.68 Å². The van der Waals surface area contributed by atoms with Crippen LogP contribution in [0.1, 0.15) is 25.7 Å². The van der Waals surface area contributed by atoms with Crippen LogP contribution in [-0.4, -0.2) is 31.9 Å². The molecule has 0 unspecified atom stereocenters. The van der Waals surface area contributed by atoms with Gasteiger partial charge >= 0.3 is 0 Å². The third-order valence-corrected chi connectivity index (χ3v) is 3.79. The Bertz CT molecular complexity index is 616. The topological polar surface area (TPSA) is 72.7 Å². The highest BCUT2D eigenvalue weighted by atomic mass is 35.5. The van der Waals surface area contributed by atoms with E-state index in [-0.39, 0.29) is 11.9 Å². The van der Waals surface area contributed by atoms with Crippen LogP contribution in [0.2, 0.25) is 5.02 Å². The summed E-state index contributed by atoms with van der Waals surface area (Å²) in [6, 6.07) is 7.27. The number of tetrazole rings is 1. The molecule has 0 aliphatic rings. The van der Waals surface area contributed by atoms with E-state index in [1.165, 1.54) is 11.8 Å². The molecule has 1 aromatic heterocycles. The lowest BCUT2D eigenvalue weighted by molar-refractivity contribution is -0.113. The van der Waals surface area contributed by atoms with Crippen molar-refractivity contribution in [3.63, 3.8) is 0 Å². The molecule has 0 atom stereocenters. The number of aromatic nitrogens is 4. The fourth-order valence-corrected chi connectivity index (χ4v) is 2.63. The predicted octanol–water partition coefficient (Wildman–Crippen LogP) is 2.78. The second kappa shape index (κ2) is 7.42. The van der Waals surface area contributed by atoms with Crippen molar-refractivity contribution in [3.8, 4) is 0 Å². The third-order valence-electron chi connectivity index (χ3n) is 2.62. The fraction of sp³-hybridized carbons (Fsp3) is 0.385. The minimum absolute atomic E-state index is 0.0779. The van der Waals surface area contributed by atoms with Gasteiger partial charge < -0.3 is 5.32 Å². The molecule has 21 heavy (non-hydrogen) atoms. The van der Waals surface area contributed by atoms with Gasteiger partial charge in [-0.15, -0.1) is 16.9 Å². The maximum absolute atomic E-state index is 11.8. The van der Waals surface area contributed by atoms with Gasteiger partial charge in [0.25, 0.3) is 0 Å². The first-order valence-corrected chi connectivity index (χ1v) is 7.99. The molecule has 0 spiro atoms. The minimum Gasteiger partial charge on any atom is -0.325 e. The number of carbonyl (C=O) groups is 1. The van der Waals surface area contributed by atoms with Crippen molar-refractivity contribution in [2.24, 2.45) is 0 Å². The number of anilines is 1. The number of halogens is 1. The highest BCUT2D eigenvalue weighted by molar-refractivity contribution is 7.99. The molecular formula is C13H16ClN5OS. The van der Waals surface area contributed by atoms with Gasteiger partial charge in [-0.1, -0.05) is 17.7 Å². The largest absolute Gasteiger partial charge is 0.325 e. The molecule has 112 valence electrons. The van der Waals surface area contributed by atoms with Crippen LogP contribution in [0.5, 0.6) is 0 Å². The molecule has 6 nitrogen and oxygen atoms in total. The average molecular weight is 326 g/mol. The van der Waals surface area contributed by atoms with Gasteiger partial charge in [0, 0.05) is 10.7 Å². The van der Waals surface area contributed by atoms with Crippen molar-refractivity contribution >= 4 is 35.0 Å². The number of nitrogens with one attached hydrogen (secondary N) is 1. The highest BCUT2D eigenvalue weighted by Gasteiger charge is 2.10. The van der Waals surface area contributed by atoms with Gasteiger partial charge in [0.05, 0.1) is 17.5 Å². The lowest BCUT2D eigenvalue weighted by Gasteiger charge is -2.08. The summed E-state index contributed by atoms with van der Waals surface area (Å²) in [7, 11) is 0. The first kappa shape index (κ1) is 15.8. The van der Waals surface area contributed by atoms with Crippen LogP contribution in [0, 0.1) is 0 Å². The summed E-state index contributed by atoms with van der Waals surface area (Å²) >= 11 is 7.33. The van der Waals surface area contributed by atoms with E-state index in [1.54, 1.807) is 28.9 Å². The summed E-state index contributed by atoms with van der Waals surface area (Å²) in [4.78, 5) is 11.8. The third kappa shape index (κ3) is 4.71. The van der Waals surface area contributed by atoms with E-state index in [0.29, 0.717) is 22.2 Å². The van der Waals surface area contributed by atoms with E-state index in [9.17, 15) is 4.79 Å². The number of benzene rings is 1. The monoisotopic (exact) mass is 325 g/mol. The van der Waals surface area contributed by atoms with Gasteiger partial charge in [-0.2, -0.15) is 0 Å². The van der Waals surface area contributed by atoms with Crippen LogP contribution >= 0.6 is 23.4 Å². The second-order valence-electron chi connectivity index (χ2n) is 4.68. The van der Waals surface area contributed by atoms with E-state index >= 15 is 0 Å². The molecule has 1 amide bonds. The molecule has 0 saturated heterocycles. The molecule has 0 radical (unpaired) electrons. The molecular weight excluding hydrogens is 310 g/mol. The Kier molecular flexibility index (Phi) is 5.58. The van der Waals surface area contributed by atoms with Crippen LogP contribution in [0.25, 0.3) is 0 Å². The number of amides is 1. The highest BCUT2D eigenvalue weighted by Crippen LogP contribution is 2.16. The van der Waals surface area contributed by atoms with Crippen LogP contribution in [0.4, 0.5) is 5.69 Å². The zero-order chi connectivity index (χ0) is 15.2. The summed E-state index contributed by atoms with van der Waals surface area (Å²) in [5.74, 6) is 1.61. The zero-order valence-electron chi connectivity index (χ0n) is 11.8. The Morgan fingerprint density at radius 1 is 1.48 bits per heavy atom. The van der Waals surface area contributed by atoms with Crippen LogP contribution in [-0.2, 0) is 10.5 Å². The SMILES string of the molecule is CC(C)n1nnnc1CSCC(=O)Nc1cccc(Cl)c1. The van der Waals surface area contributed by atoms with Crippen LogP contribution in [0.15, 0.2) is 24.3 Å². The Morgan fingerprint density at radius 2 is 2.29 bits per heavy atom. The summed E-state index contributed by atoms with van der Waals surface area (Å²) in [5, 5.41) is 14.9. The lowest BCUT2D eigenvalue weighted by Crippen LogP contribution is -2.14. The van der Waals surface area contributed by atoms with E-state index in [4.69, 9.17) is 11.6 Å². The van der Waals surface area contributed by atoms with Gasteiger partial charge in [0.2, 0.25) is 5.91 Å². The lowest BCUT2D eigenvalue weighted by atomic mass is 10.3. The summed E-state index contributed by atoms with van der Waals surface area (Å²) in [6.45, 7) is 4.02. The molecule has 2 aromatic rings. The number of nitrogens with zero attached hydrogens (tertiary/aromatic N) is 4. The Balaban J connectivity index is 1.80. The van der Waals surface area contributed by atoms with Gasteiger partial charge in [0.1, 0.15) is 0 Å². The van der Waals surface area contributed by atoms with Crippen LogP contribution < -0.4 is 5.32 Å². The quantitative estimate of drug-likeness (QED) is 0.884. The molecule has 2 rings (SSSR count).